The first-order valence-corrected chi connectivity index (χ1v) is 4.74. The molecule has 15 heavy (non-hydrogen) atoms. The number of nitrogens with two attached hydrogens (primary N) is 1. The molecule has 0 aromatic rings. The third-order valence-corrected chi connectivity index (χ3v) is 1.83. The van der Waals surface area contributed by atoms with Crippen LogP contribution in [0.25, 0.3) is 0 Å². The van der Waals surface area contributed by atoms with Crippen molar-refractivity contribution in [1.29, 1.82) is 0 Å². The summed E-state index contributed by atoms with van der Waals surface area (Å²) >= 11 is 0. The van der Waals surface area contributed by atoms with Crippen LogP contribution < -0.4 is 11.1 Å². The number of nitrogens with one attached hydrogen (secondary N) is 1. The number of rotatable bonds is 7. The van der Waals surface area contributed by atoms with Gasteiger partial charge in [-0.25, -0.2) is 0 Å². The van der Waals surface area contributed by atoms with Crippen molar-refractivity contribution in [1.82, 2.24) is 5.32 Å². The highest BCUT2D eigenvalue weighted by Gasteiger charge is 2.16. The number of hydrogen-bond donors (Lipinski definition) is 3. The number of ketones is 1. The van der Waals surface area contributed by atoms with E-state index in [0.717, 1.165) is 0 Å². The van der Waals surface area contributed by atoms with Crippen LogP contribution in [0.15, 0.2) is 0 Å². The molecule has 6 nitrogen and oxygen atoms in total. The molecule has 0 spiro atoms. The lowest BCUT2D eigenvalue weighted by molar-refractivity contribution is -0.139. The summed E-state index contributed by atoms with van der Waals surface area (Å²) in [6.07, 6.45) is 0.270. The van der Waals surface area contributed by atoms with E-state index in [0.29, 0.717) is 6.42 Å². The maximum atomic E-state index is 11.1. The standard InChI is InChI=1S/C9H16N2O4/c1-2-6(12)3-4-11-9(15)7(10)5-8(13)14/h7H,2-5,10H2,1H3,(H,11,15)(H,13,14)/t7-/m0/s1. The molecule has 0 rings (SSSR count). The molecule has 0 aliphatic heterocycles. The molecule has 86 valence electrons. The Labute approximate surface area is 87.8 Å². The molecule has 0 bridgehead atoms. The first kappa shape index (κ1) is 13.6. The number of carbonyl (C=O) groups excluding carboxylic acids is 2. The van der Waals surface area contributed by atoms with Gasteiger partial charge in [-0.1, -0.05) is 6.92 Å². The van der Waals surface area contributed by atoms with Gasteiger partial charge < -0.3 is 16.2 Å². The molecule has 6 heteroatoms. The van der Waals surface area contributed by atoms with Gasteiger partial charge >= 0.3 is 5.97 Å². The summed E-state index contributed by atoms with van der Waals surface area (Å²) < 4.78 is 0. The van der Waals surface area contributed by atoms with Gasteiger partial charge in [-0.3, -0.25) is 14.4 Å². The van der Waals surface area contributed by atoms with Gasteiger partial charge in [0.2, 0.25) is 5.91 Å². The summed E-state index contributed by atoms with van der Waals surface area (Å²) in [7, 11) is 0. The first-order valence-electron chi connectivity index (χ1n) is 4.74. The fourth-order valence-corrected chi connectivity index (χ4v) is 0.914. The van der Waals surface area contributed by atoms with Gasteiger partial charge in [0, 0.05) is 19.4 Å². The number of carbonyl (C=O) groups is 3. The molecular weight excluding hydrogens is 200 g/mol. The molecule has 0 aromatic carbocycles. The Hall–Kier alpha value is -1.43. The molecule has 0 radical (unpaired) electrons. The summed E-state index contributed by atoms with van der Waals surface area (Å²) in [4.78, 5) is 32.2. The summed E-state index contributed by atoms with van der Waals surface area (Å²) in [5.74, 6) is -1.62. The van der Waals surface area contributed by atoms with E-state index < -0.39 is 24.3 Å². The van der Waals surface area contributed by atoms with Crippen LogP contribution in [0.2, 0.25) is 0 Å². The smallest absolute Gasteiger partial charge is 0.305 e. The van der Waals surface area contributed by atoms with Gasteiger partial charge in [0.05, 0.1) is 12.5 Å². The van der Waals surface area contributed by atoms with Crippen LogP contribution in [0.5, 0.6) is 0 Å². The Bertz CT molecular complexity index is 252. The molecular formula is C9H16N2O4. The molecule has 0 saturated heterocycles. The summed E-state index contributed by atoms with van der Waals surface area (Å²) in [5, 5.41) is 10.8. The second-order valence-corrected chi connectivity index (χ2v) is 3.14. The number of aliphatic carboxylic acids is 1. The number of amides is 1. The van der Waals surface area contributed by atoms with Crippen LogP contribution in [0.4, 0.5) is 0 Å². The molecule has 0 aliphatic carbocycles. The van der Waals surface area contributed by atoms with Crippen LogP contribution in [0.1, 0.15) is 26.2 Å². The molecule has 1 atom stereocenters. The summed E-state index contributed by atoms with van der Waals surface area (Å²) in [6, 6.07) is -1.06. The maximum Gasteiger partial charge on any atom is 0.305 e. The van der Waals surface area contributed by atoms with E-state index in [4.69, 9.17) is 10.8 Å². The van der Waals surface area contributed by atoms with Crippen LogP contribution in [-0.2, 0) is 14.4 Å². The third kappa shape index (κ3) is 6.62. The average molecular weight is 216 g/mol. The number of carboxylic acids is 1. The third-order valence-electron chi connectivity index (χ3n) is 1.83. The molecule has 0 saturated carbocycles. The minimum Gasteiger partial charge on any atom is -0.481 e. The lowest BCUT2D eigenvalue weighted by Crippen LogP contribution is -2.42. The van der Waals surface area contributed by atoms with E-state index in [9.17, 15) is 14.4 Å². The highest BCUT2D eigenvalue weighted by Crippen LogP contribution is 1.90. The van der Waals surface area contributed by atoms with Gasteiger partial charge in [-0.15, -0.1) is 0 Å². The Morgan fingerprint density at radius 2 is 2.00 bits per heavy atom. The van der Waals surface area contributed by atoms with E-state index in [1.165, 1.54) is 0 Å². The minimum absolute atomic E-state index is 0.0436. The van der Waals surface area contributed by atoms with Crippen molar-refractivity contribution in [2.45, 2.75) is 32.2 Å². The van der Waals surface area contributed by atoms with E-state index >= 15 is 0 Å². The van der Waals surface area contributed by atoms with Crippen molar-refractivity contribution in [2.24, 2.45) is 5.73 Å². The van der Waals surface area contributed by atoms with E-state index in [1.807, 2.05) is 0 Å². The highest BCUT2D eigenvalue weighted by molar-refractivity contribution is 5.86. The van der Waals surface area contributed by atoms with Gasteiger partial charge in [-0.2, -0.15) is 0 Å². The fraction of sp³-hybridized carbons (Fsp3) is 0.667. The van der Waals surface area contributed by atoms with Crippen molar-refractivity contribution in [2.75, 3.05) is 6.54 Å². The molecule has 1 amide bonds. The Morgan fingerprint density at radius 1 is 1.40 bits per heavy atom. The lowest BCUT2D eigenvalue weighted by Gasteiger charge is -2.09. The first-order chi connectivity index (χ1) is 6.97. The number of Topliss-reactive ketones (excluding diaryl/α,β-unsaturated/α-hetero) is 1. The molecule has 0 aromatic heterocycles. The second kappa shape index (κ2) is 6.94. The van der Waals surface area contributed by atoms with E-state index in [1.54, 1.807) is 6.92 Å². The van der Waals surface area contributed by atoms with Gasteiger partial charge in [0.1, 0.15) is 5.78 Å². The van der Waals surface area contributed by atoms with E-state index in [-0.39, 0.29) is 18.7 Å². The topological polar surface area (TPSA) is 109 Å². The number of hydrogen-bond acceptors (Lipinski definition) is 4. The van der Waals surface area contributed by atoms with Crippen molar-refractivity contribution < 1.29 is 19.5 Å². The Morgan fingerprint density at radius 3 is 2.47 bits per heavy atom. The molecule has 0 unspecified atom stereocenters. The predicted octanol–water partition coefficient (Wildman–Crippen LogP) is -0.726. The lowest BCUT2D eigenvalue weighted by atomic mass is 10.2. The Kier molecular flexibility index (Phi) is 6.28. The quantitative estimate of drug-likeness (QED) is 0.520. The fourth-order valence-electron chi connectivity index (χ4n) is 0.914. The van der Waals surface area contributed by atoms with Crippen molar-refractivity contribution in [3.05, 3.63) is 0 Å². The summed E-state index contributed by atoms with van der Waals surface area (Å²) in [5.41, 5.74) is 5.29. The predicted molar refractivity (Wildman–Crippen MR) is 53.2 cm³/mol. The van der Waals surface area contributed by atoms with Crippen molar-refractivity contribution in [3.8, 4) is 0 Å². The maximum absolute atomic E-state index is 11.1. The van der Waals surface area contributed by atoms with Gasteiger partial charge in [0.25, 0.3) is 0 Å². The Balaban J connectivity index is 3.73. The largest absolute Gasteiger partial charge is 0.481 e. The molecule has 0 aliphatic rings. The van der Waals surface area contributed by atoms with Crippen molar-refractivity contribution in [3.63, 3.8) is 0 Å². The monoisotopic (exact) mass is 216 g/mol. The summed E-state index contributed by atoms with van der Waals surface area (Å²) in [6.45, 7) is 1.94. The average Bonchev–Trinajstić information content (AvgIpc) is 2.16. The van der Waals surface area contributed by atoms with Crippen LogP contribution in [0.3, 0.4) is 0 Å². The zero-order valence-electron chi connectivity index (χ0n) is 8.66. The molecule has 0 heterocycles. The molecule has 4 N–H and O–H groups in total. The zero-order chi connectivity index (χ0) is 11.8. The van der Waals surface area contributed by atoms with Crippen molar-refractivity contribution >= 4 is 17.7 Å². The SMILES string of the molecule is CCC(=O)CCNC(=O)[C@@H](N)CC(=O)O. The normalized spacial score (nSPS) is 11.9. The second-order valence-electron chi connectivity index (χ2n) is 3.14. The van der Waals surface area contributed by atoms with Crippen LogP contribution >= 0.6 is 0 Å². The van der Waals surface area contributed by atoms with Crippen LogP contribution in [0, 0.1) is 0 Å². The minimum atomic E-state index is -1.12. The van der Waals surface area contributed by atoms with E-state index in [2.05, 4.69) is 5.32 Å². The van der Waals surface area contributed by atoms with Gasteiger partial charge in [0.15, 0.2) is 0 Å². The number of carboxylic acid groups (broad SMARTS) is 1. The van der Waals surface area contributed by atoms with Crippen LogP contribution in [-0.4, -0.2) is 35.4 Å². The molecule has 0 fully saturated rings. The zero-order valence-corrected chi connectivity index (χ0v) is 8.66. The van der Waals surface area contributed by atoms with Gasteiger partial charge in [-0.05, 0) is 0 Å². The highest BCUT2D eigenvalue weighted by atomic mass is 16.4.